The zero-order valence-corrected chi connectivity index (χ0v) is 26.5. The first-order chi connectivity index (χ1) is 22.5. The van der Waals surface area contributed by atoms with Gasteiger partial charge in [-0.1, -0.05) is 71.2 Å². The molecule has 3 aromatic rings. The molecule has 2 N–H and O–H groups in total. The summed E-state index contributed by atoms with van der Waals surface area (Å²) < 4.78 is 0. The zero-order valence-electron chi connectivity index (χ0n) is 25.0. The number of carbonyl (C=O) groups is 5. The number of likely N-dealkylation sites (tertiary alicyclic amines) is 1. The van der Waals surface area contributed by atoms with E-state index in [4.69, 9.17) is 28.3 Å². The Kier molecular flexibility index (Phi) is 7.72. The first-order valence-corrected chi connectivity index (χ1v) is 16.3. The number of imide groups is 2. The van der Waals surface area contributed by atoms with Crippen LogP contribution in [0, 0.1) is 23.7 Å². The summed E-state index contributed by atoms with van der Waals surface area (Å²) in [6, 6.07) is 20.1. The maximum absolute atomic E-state index is 15.2. The van der Waals surface area contributed by atoms with Gasteiger partial charge >= 0.3 is 5.97 Å². The molecule has 6 unspecified atom stereocenters. The molecule has 0 radical (unpaired) electrons. The van der Waals surface area contributed by atoms with E-state index in [0.29, 0.717) is 32.4 Å². The maximum atomic E-state index is 15.2. The molecular weight excluding hydrogens is 643 g/mol. The van der Waals surface area contributed by atoms with Gasteiger partial charge in [0.05, 0.1) is 28.9 Å². The fourth-order valence-electron chi connectivity index (χ4n) is 8.52. The fourth-order valence-corrected chi connectivity index (χ4v) is 8.88. The quantitative estimate of drug-likeness (QED) is 0.242. The van der Waals surface area contributed by atoms with Crippen LogP contribution in [0.15, 0.2) is 84.4 Å². The number of amides is 4. The molecule has 2 aliphatic carbocycles. The summed E-state index contributed by atoms with van der Waals surface area (Å²) in [6.45, 7) is -0.0190. The highest BCUT2D eigenvalue weighted by Gasteiger charge is 2.70. The summed E-state index contributed by atoms with van der Waals surface area (Å²) in [5.74, 6) is -6.89. The topological polar surface area (TPSA) is 132 Å². The standard InChI is InChI=1S/C36H30Cl2N2O7/c37-20-8-4-9-22(16-20)40-33(45)27-18-25-23(12-13-24-30(25)34(46)39(32(24)44)15-5-10-29(42)43)31(26-17-21(38)11-14-28(26)41)36(27,35(40)47)19-6-2-1-3-7-19/h1-4,6-9,11-12,14,16-17,24-25,27,30-31,41H,5,10,13,15,18H2,(H,42,43). The van der Waals surface area contributed by atoms with E-state index < -0.39 is 58.7 Å². The summed E-state index contributed by atoms with van der Waals surface area (Å²) in [5.41, 5.74) is 0.363. The summed E-state index contributed by atoms with van der Waals surface area (Å²) in [5, 5.41) is 21.2. The van der Waals surface area contributed by atoms with Gasteiger partial charge in [-0.25, -0.2) is 4.90 Å². The number of carboxylic acids is 1. The van der Waals surface area contributed by atoms with E-state index in [9.17, 15) is 24.3 Å². The van der Waals surface area contributed by atoms with Gasteiger partial charge in [0, 0.05) is 34.5 Å². The predicted molar refractivity (Wildman–Crippen MR) is 173 cm³/mol. The van der Waals surface area contributed by atoms with Crippen molar-refractivity contribution >= 4 is 58.5 Å². The van der Waals surface area contributed by atoms with Crippen molar-refractivity contribution in [2.45, 2.75) is 37.0 Å². The number of phenols is 1. The Morgan fingerprint density at radius 1 is 0.872 bits per heavy atom. The molecule has 9 nitrogen and oxygen atoms in total. The molecule has 0 bridgehead atoms. The van der Waals surface area contributed by atoms with Crippen molar-refractivity contribution in [2.75, 3.05) is 11.4 Å². The summed E-state index contributed by atoms with van der Waals surface area (Å²) in [4.78, 5) is 70.9. The van der Waals surface area contributed by atoms with E-state index in [1.54, 1.807) is 54.6 Å². The molecule has 4 aliphatic rings. The lowest BCUT2D eigenvalue weighted by molar-refractivity contribution is -0.142. The van der Waals surface area contributed by atoms with Crippen molar-refractivity contribution in [3.05, 3.63) is 106 Å². The second kappa shape index (κ2) is 11.6. The van der Waals surface area contributed by atoms with Gasteiger partial charge in [-0.05, 0) is 67.1 Å². The monoisotopic (exact) mass is 672 g/mol. The summed E-state index contributed by atoms with van der Waals surface area (Å²) >= 11 is 12.8. The van der Waals surface area contributed by atoms with Crippen LogP contribution in [0.2, 0.25) is 10.0 Å². The van der Waals surface area contributed by atoms with E-state index in [-0.39, 0.29) is 43.9 Å². The first-order valence-electron chi connectivity index (χ1n) is 15.5. The number of carbonyl (C=O) groups excluding carboxylic acids is 4. The first kappa shape index (κ1) is 31.1. The minimum absolute atomic E-state index is 0.0190. The van der Waals surface area contributed by atoms with Crippen molar-refractivity contribution in [2.24, 2.45) is 23.7 Å². The van der Waals surface area contributed by atoms with Gasteiger partial charge in [0.15, 0.2) is 0 Å². The van der Waals surface area contributed by atoms with Gasteiger partial charge in [0.25, 0.3) is 0 Å². The zero-order chi connectivity index (χ0) is 33.2. The second-order valence-electron chi connectivity index (χ2n) is 12.6. The molecule has 3 fully saturated rings. The molecule has 4 amide bonds. The van der Waals surface area contributed by atoms with Crippen molar-refractivity contribution in [1.82, 2.24) is 4.90 Å². The molecule has 47 heavy (non-hydrogen) atoms. The predicted octanol–water partition coefficient (Wildman–Crippen LogP) is 5.73. The number of benzene rings is 3. The Bertz CT molecular complexity index is 1880. The van der Waals surface area contributed by atoms with Crippen LogP contribution in [0.25, 0.3) is 0 Å². The van der Waals surface area contributed by atoms with Crippen LogP contribution in [0.5, 0.6) is 5.75 Å². The Morgan fingerprint density at radius 3 is 2.34 bits per heavy atom. The molecule has 0 aromatic heterocycles. The molecule has 1 saturated carbocycles. The molecule has 11 heteroatoms. The Labute approximate surface area is 280 Å². The number of nitrogens with zero attached hydrogens (tertiary/aromatic N) is 2. The van der Waals surface area contributed by atoms with Crippen molar-refractivity contribution in [1.29, 1.82) is 0 Å². The highest BCUT2D eigenvalue weighted by Crippen LogP contribution is 2.65. The van der Waals surface area contributed by atoms with E-state index in [1.165, 1.54) is 12.1 Å². The number of rotatable bonds is 7. The number of aliphatic carboxylic acids is 1. The van der Waals surface area contributed by atoms with Gasteiger partial charge in [-0.15, -0.1) is 0 Å². The van der Waals surface area contributed by atoms with Gasteiger partial charge in [0.2, 0.25) is 23.6 Å². The third kappa shape index (κ3) is 4.70. The van der Waals surface area contributed by atoms with E-state index in [0.717, 1.165) is 9.80 Å². The molecular formula is C36H30Cl2N2O7. The Balaban J connectivity index is 1.44. The van der Waals surface area contributed by atoms with E-state index >= 15 is 4.79 Å². The third-order valence-electron chi connectivity index (χ3n) is 10.3. The number of fused-ring (bicyclic) bond motifs is 4. The Hall–Kier alpha value is -4.47. The second-order valence-corrected chi connectivity index (χ2v) is 13.5. The number of allylic oxidation sites excluding steroid dienone is 2. The highest BCUT2D eigenvalue weighted by molar-refractivity contribution is 6.32. The van der Waals surface area contributed by atoms with Gasteiger partial charge < -0.3 is 10.2 Å². The largest absolute Gasteiger partial charge is 0.508 e. The molecule has 2 saturated heterocycles. The molecule has 240 valence electrons. The fraction of sp³-hybridized carbons (Fsp3) is 0.306. The summed E-state index contributed by atoms with van der Waals surface area (Å²) in [6.07, 6.45) is 2.14. The number of carboxylic acid groups (broad SMARTS) is 1. The molecule has 2 aliphatic heterocycles. The lowest BCUT2D eigenvalue weighted by Crippen LogP contribution is -2.53. The van der Waals surface area contributed by atoms with Crippen LogP contribution in [0.4, 0.5) is 5.69 Å². The highest BCUT2D eigenvalue weighted by atomic mass is 35.5. The SMILES string of the molecule is O=C(O)CCCN1C(=O)C2CC=C3C(CC4C(=O)N(c5cccc(Cl)c5)C(=O)C4(c4ccccc4)C3c3cc(Cl)ccc3O)C2C1=O. The van der Waals surface area contributed by atoms with Crippen molar-refractivity contribution in [3.63, 3.8) is 0 Å². The van der Waals surface area contributed by atoms with Gasteiger partial charge in [-0.3, -0.25) is 28.9 Å². The van der Waals surface area contributed by atoms with E-state index in [1.807, 2.05) is 12.1 Å². The van der Waals surface area contributed by atoms with Crippen molar-refractivity contribution < 1.29 is 34.2 Å². The maximum Gasteiger partial charge on any atom is 0.303 e. The van der Waals surface area contributed by atoms with Gasteiger partial charge in [0.1, 0.15) is 5.75 Å². The number of phenolic OH excluding ortho intramolecular Hbond substituents is 1. The minimum atomic E-state index is -1.54. The van der Waals surface area contributed by atoms with Crippen LogP contribution >= 0.6 is 23.2 Å². The van der Waals surface area contributed by atoms with Crippen molar-refractivity contribution in [3.8, 4) is 5.75 Å². The van der Waals surface area contributed by atoms with Crippen LogP contribution in [-0.4, -0.2) is 51.3 Å². The number of anilines is 1. The normalized spacial score (nSPS) is 28.2. The summed E-state index contributed by atoms with van der Waals surface area (Å²) in [7, 11) is 0. The van der Waals surface area contributed by atoms with Crippen LogP contribution in [0.1, 0.15) is 42.7 Å². The van der Waals surface area contributed by atoms with E-state index in [2.05, 4.69) is 0 Å². The van der Waals surface area contributed by atoms with Crippen LogP contribution < -0.4 is 4.90 Å². The number of aromatic hydroxyl groups is 1. The number of hydrogen-bond donors (Lipinski definition) is 2. The average molecular weight is 674 g/mol. The Morgan fingerprint density at radius 2 is 1.62 bits per heavy atom. The minimum Gasteiger partial charge on any atom is -0.508 e. The number of hydrogen-bond acceptors (Lipinski definition) is 6. The van der Waals surface area contributed by atoms with Crippen LogP contribution in [-0.2, 0) is 29.4 Å². The molecule has 2 heterocycles. The van der Waals surface area contributed by atoms with Crippen LogP contribution in [0.3, 0.4) is 0 Å². The lowest BCUT2D eigenvalue weighted by atomic mass is 9.49. The molecule has 6 atom stereocenters. The molecule has 0 spiro atoms. The molecule has 7 rings (SSSR count). The smallest absolute Gasteiger partial charge is 0.303 e. The van der Waals surface area contributed by atoms with Gasteiger partial charge in [-0.2, -0.15) is 0 Å². The molecule has 3 aromatic carbocycles. The lowest BCUT2D eigenvalue weighted by Gasteiger charge is -2.50. The third-order valence-corrected chi connectivity index (χ3v) is 10.8. The average Bonchev–Trinajstić information content (AvgIpc) is 3.43. The number of halogens is 2.